The first-order chi connectivity index (χ1) is 13.8. The van der Waals surface area contributed by atoms with Gasteiger partial charge in [0.15, 0.2) is 0 Å². The van der Waals surface area contributed by atoms with Crippen LogP contribution < -0.4 is 5.32 Å². The van der Waals surface area contributed by atoms with Gasteiger partial charge in [0.1, 0.15) is 5.82 Å². The van der Waals surface area contributed by atoms with Gasteiger partial charge in [0.2, 0.25) is 5.91 Å². The van der Waals surface area contributed by atoms with Crippen LogP contribution in [-0.2, 0) is 11.2 Å². The SMILES string of the molecule is O=C(CC1CCc2ccccc21)Nc1ccccc1-c1nc2ccccc2[nH]1. The zero-order valence-corrected chi connectivity index (χ0v) is 15.5. The van der Waals surface area contributed by atoms with Crippen LogP contribution in [0.1, 0.15) is 29.9 Å². The molecule has 3 aromatic carbocycles. The Labute approximate surface area is 163 Å². The lowest BCUT2D eigenvalue weighted by molar-refractivity contribution is -0.116. The standard InChI is InChI=1S/C24H21N3O/c28-23(15-17-14-13-16-7-1-2-8-18(16)17)25-20-10-4-3-9-19(20)24-26-21-11-5-6-12-22(21)27-24/h1-12,17H,13-15H2,(H,25,28)(H,26,27). The number of aromatic amines is 1. The molecule has 0 bridgehead atoms. The largest absolute Gasteiger partial charge is 0.338 e. The van der Waals surface area contributed by atoms with E-state index in [9.17, 15) is 4.79 Å². The summed E-state index contributed by atoms with van der Waals surface area (Å²) in [5.74, 6) is 1.11. The zero-order chi connectivity index (χ0) is 18.9. The lowest BCUT2D eigenvalue weighted by Gasteiger charge is -2.13. The van der Waals surface area contributed by atoms with E-state index >= 15 is 0 Å². The van der Waals surface area contributed by atoms with Crippen molar-refractivity contribution in [3.05, 3.63) is 83.9 Å². The summed E-state index contributed by atoms with van der Waals surface area (Å²) in [6.07, 6.45) is 2.60. The van der Waals surface area contributed by atoms with Crippen molar-refractivity contribution >= 4 is 22.6 Å². The fourth-order valence-corrected chi connectivity index (χ4v) is 4.16. The average Bonchev–Trinajstić information content (AvgIpc) is 3.33. The van der Waals surface area contributed by atoms with E-state index < -0.39 is 0 Å². The maximum absolute atomic E-state index is 12.8. The highest BCUT2D eigenvalue weighted by Gasteiger charge is 2.24. The smallest absolute Gasteiger partial charge is 0.225 e. The molecule has 1 unspecified atom stereocenters. The Balaban J connectivity index is 1.38. The molecule has 5 rings (SSSR count). The first-order valence-electron chi connectivity index (χ1n) is 9.70. The van der Waals surface area contributed by atoms with Gasteiger partial charge in [-0.25, -0.2) is 4.98 Å². The Bertz CT molecular complexity index is 1130. The molecule has 1 amide bonds. The van der Waals surface area contributed by atoms with Crippen molar-refractivity contribution < 1.29 is 4.79 Å². The number of H-pyrrole nitrogens is 1. The number of carbonyl (C=O) groups excluding carboxylic acids is 1. The first kappa shape index (κ1) is 16.8. The van der Waals surface area contributed by atoms with Gasteiger partial charge in [-0.05, 0) is 54.2 Å². The number of carbonyl (C=O) groups is 1. The van der Waals surface area contributed by atoms with Gasteiger partial charge in [-0.15, -0.1) is 0 Å². The minimum Gasteiger partial charge on any atom is -0.338 e. The van der Waals surface area contributed by atoms with E-state index in [0.717, 1.165) is 41.0 Å². The number of nitrogens with zero attached hydrogens (tertiary/aromatic N) is 1. The summed E-state index contributed by atoms with van der Waals surface area (Å²) >= 11 is 0. The van der Waals surface area contributed by atoms with Crippen LogP contribution >= 0.6 is 0 Å². The second-order valence-electron chi connectivity index (χ2n) is 7.33. The van der Waals surface area contributed by atoms with Crippen LogP contribution in [0.25, 0.3) is 22.4 Å². The lowest BCUT2D eigenvalue weighted by atomic mass is 9.97. The third kappa shape index (κ3) is 3.07. The predicted molar refractivity (Wildman–Crippen MR) is 112 cm³/mol. The molecule has 0 spiro atoms. The summed E-state index contributed by atoms with van der Waals surface area (Å²) in [5.41, 5.74) is 6.30. The number of amides is 1. The third-order valence-corrected chi connectivity index (χ3v) is 5.53. The first-order valence-corrected chi connectivity index (χ1v) is 9.70. The Kier molecular flexibility index (Phi) is 4.17. The summed E-state index contributed by atoms with van der Waals surface area (Å²) in [6.45, 7) is 0. The molecule has 1 atom stereocenters. The van der Waals surface area contributed by atoms with Crippen LogP contribution in [0.2, 0.25) is 0 Å². The van der Waals surface area contributed by atoms with Crippen molar-refractivity contribution in [3.8, 4) is 11.4 Å². The van der Waals surface area contributed by atoms with Crippen molar-refractivity contribution in [1.29, 1.82) is 0 Å². The van der Waals surface area contributed by atoms with Gasteiger partial charge in [0, 0.05) is 12.0 Å². The van der Waals surface area contributed by atoms with Crippen molar-refractivity contribution in [2.75, 3.05) is 5.32 Å². The Hall–Kier alpha value is -3.40. The normalized spacial score (nSPS) is 15.5. The Morgan fingerprint density at radius 2 is 1.79 bits per heavy atom. The van der Waals surface area contributed by atoms with Crippen LogP contribution in [-0.4, -0.2) is 15.9 Å². The van der Waals surface area contributed by atoms with E-state index in [4.69, 9.17) is 0 Å². The van der Waals surface area contributed by atoms with Crippen LogP contribution in [0, 0.1) is 0 Å². The number of rotatable bonds is 4. The zero-order valence-electron chi connectivity index (χ0n) is 15.5. The molecule has 0 saturated carbocycles. The number of aromatic nitrogens is 2. The molecule has 28 heavy (non-hydrogen) atoms. The van der Waals surface area contributed by atoms with Crippen LogP contribution in [0.5, 0.6) is 0 Å². The predicted octanol–water partition coefficient (Wildman–Crippen LogP) is 5.29. The van der Waals surface area contributed by atoms with E-state index in [-0.39, 0.29) is 5.91 Å². The molecule has 4 heteroatoms. The molecule has 0 saturated heterocycles. The summed E-state index contributed by atoms with van der Waals surface area (Å²) in [5, 5.41) is 3.11. The molecule has 4 aromatic rings. The highest BCUT2D eigenvalue weighted by atomic mass is 16.1. The number of nitrogens with one attached hydrogen (secondary N) is 2. The van der Waals surface area contributed by atoms with Crippen LogP contribution in [0.3, 0.4) is 0 Å². The second-order valence-corrected chi connectivity index (χ2v) is 7.33. The van der Waals surface area contributed by atoms with Gasteiger partial charge in [-0.3, -0.25) is 4.79 Å². The molecule has 2 N–H and O–H groups in total. The van der Waals surface area contributed by atoms with E-state index in [2.05, 4.69) is 39.6 Å². The summed E-state index contributed by atoms with van der Waals surface area (Å²) < 4.78 is 0. The monoisotopic (exact) mass is 367 g/mol. The number of imidazole rings is 1. The molecule has 1 aliphatic rings. The molecular formula is C24H21N3O. The minimum absolute atomic E-state index is 0.0465. The number of hydrogen-bond acceptors (Lipinski definition) is 2. The van der Waals surface area contributed by atoms with E-state index in [1.807, 2.05) is 48.5 Å². The van der Waals surface area contributed by atoms with Gasteiger partial charge in [0.25, 0.3) is 0 Å². The third-order valence-electron chi connectivity index (χ3n) is 5.53. The molecule has 0 fully saturated rings. The van der Waals surface area contributed by atoms with Crippen LogP contribution in [0.4, 0.5) is 5.69 Å². The van der Waals surface area contributed by atoms with Crippen molar-refractivity contribution in [2.45, 2.75) is 25.2 Å². The topological polar surface area (TPSA) is 57.8 Å². The van der Waals surface area contributed by atoms with Gasteiger partial charge < -0.3 is 10.3 Å². The molecule has 1 aliphatic carbocycles. The van der Waals surface area contributed by atoms with Crippen LogP contribution in [0.15, 0.2) is 72.8 Å². The minimum atomic E-state index is 0.0465. The molecule has 4 nitrogen and oxygen atoms in total. The highest BCUT2D eigenvalue weighted by Crippen LogP contribution is 2.36. The van der Waals surface area contributed by atoms with Gasteiger partial charge in [-0.1, -0.05) is 48.5 Å². The summed E-state index contributed by atoms with van der Waals surface area (Å²) in [4.78, 5) is 20.8. The average molecular weight is 367 g/mol. The fourth-order valence-electron chi connectivity index (χ4n) is 4.16. The quantitative estimate of drug-likeness (QED) is 0.515. The maximum atomic E-state index is 12.8. The van der Waals surface area contributed by atoms with Crippen molar-refractivity contribution in [2.24, 2.45) is 0 Å². The second kappa shape index (κ2) is 6.97. The number of hydrogen-bond donors (Lipinski definition) is 2. The van der Waals surface area contributed by atoms with Crippen molar-refractivity contribution in [3.63, 3.8) is 0 Å². The van der Waals surface area contributed by atoms with E-state index in [1.54, 1.807) is 0 Å². The summed E-state index contributed by atoms with van der Waals surface area (Å²) in [6, 6.07) is 24.2. The van der Waals surface area contributed by atoms with Gasteiger partial charge in [-0.2, -0.15) is 0 Å². The number of anilines is 1. The van der Waals surface area contributed by atoms with E-state index in [1.165, 1.54) is 11.1 Å². The van der Waals surface area contributed by atoms with Gasteiger partial charge >= 0.3 is 0 Å². The van der Waals surface area contributed by atoms with E-state index in [0.29, 0.717) is 12.3 Å². The fraction of sp³-hybridized carbons (Fsp3) is 0.167. The Morgan fingerprint density at radius 3 is 2.71 bits per heavy atom. The molecule has 0 aliphatic heterocycles. The summed E-state index contributed by atoms with van der Waals surface area (Å²) in [7, 11) is 0. The number of para-hydroxylation sites is 3. The Morgan fingerprint density at radius 1 is 1.00 bits per heavy atom. The van der Waals surface area contributed by atoms with Crippen molar-refractivity contribution in [1.82, 2.24) is 9.97 Å². The highest BCUT2D eigenvalue weighted by molar-refractivity contribution is 5.96. The molecule has 0 radical (unpaired) electrons. The number of fused-ring (bicyclic) bond motifs is 2. The molecular weight excluding hydrogens is 346 g/mol. The number of aryl methyl sites for hydroxylation is 1. The molecule has 1 heterocycles. The lowest BCUT2D eigenvalue weighted by Crippen LogP contribution is -2.15. The maximum Gasteiger partial charge on any atom is 0.225 e. The van der Waals surface area contributed by atoms with Gasteiger partial charge in [0.05, 0.1) is 16.7 Å². The molecule has 1 aromatic heterocycles. The molecule has 138 valence electrons. The number of benzene rings is 3.